The van der Waals surface area contributed by atoms with Crippen LogP contribution in [0.25, 0.3) is 11.5 Å². The fourth-order valence-corrected chi connectivity index (χ4v) is 2.51. The predicted molar refractivity (Wildman–Crippen MR) is 98.6 cm³/mol. The minimum Gasteiger partial charge on any atom is -0.497 e. The molecule has 0 aliphatic carbocycles. The summed E-state index contributed by atoms with van der Waals surface area (Å²) in [5, 5.41) is 2.84. The molecule has 3 aromatic rings. The Kier molecular flexibility index (Phi) is 5.22. The van der Waals surface area contributed by atoms with Crippen molar-refractivity contribution in [2.45, 2.75) is 13.3 Å². The lowest BCUT2D eigenvalue weighted by Gasteiger charge is -2.06. The highest BCUT2D eigenvalue weighted by Crippen LogP contribution is 2.24. The van der Waals surface area contributed by atoms with E-state index in [1.54, 1.807) is 33.3 Å². The van der Waals surface area contributed by atoms with Gasteiger partial charge in [-0.1, -0.05) is 6.07 Å². The number of oxazole rings is 1. The second kappa shape index (κ2) is 7.74. The molecular formula is C20H20N2O4. The number of rotatable bonds is 6. The van der Waals surface area contributed by atoms with Gasteiger partial charge in [-0.2, -0.15) is 0 Å². The van der Waals surface area contributed by atoms with E-state index in [-0.39, 0.29) is 12.3 Å². The van der Waals surface area contributed by atoms with E-state index in [9.17, 15) is 4.79 Å². The van der Waals surface area contributed by atoms with E-state index in [0.29, 0.717) is 28.8 Å². The Hall–Kier alpha value is -3.28. The number of carbonyl (C=O) groups is 1. The molecule has 0 aliphatic rings. The SMILES string of the molecule is COc1ccc(-c2nc(CC(=O)Nc3cccc(OC)c3)c(C)o2)cc1. The van der Waals surface area contributed by atoms with Gasteiger partial charge in [0.15, 0.2) is 0 Å². The highest BCUT2D eigenvalue weighted by molar-refractivity contribution is 5.92. The molecule has 6 nitrogen and oxygen atoms in total. The van der Waals surface area contributed by atoms with Crippen LogP contribution in [0.3, 0.4) is 0 Å². The lowest BCUT2D eigenvalue weighted by atomic mass is 10.2. The number of nitrogens with one attached hydrogen (secondary N) is 1. The topological polar surface area (TPSA) is 73.6 Å². The third-order valence-corrected chi connectivity index (χ3v) is 3.91. The largest absolute Gasteiger partial charge is 0.497 e. The van der Waals surface area contributed by atoms with Crippen LogP contribution in [0.2, 0.25) is 0 Å². The first-order chi connectivity index (χ1) is 12.6. The number of methoxy groups -OCH3 is 2. The molecule has 3 rings (SSSR count). The second-order valence-corrected chi connectivity index (χ2v) is 5.71. The molecule has 6 heteroatoms. The number of carbonyl (C=O) groups excluding carboxylic acids is 1. The average molecular weight is 352 g/mol. The van der Waals surface area contributed by atoms with E-state index in [1.807, 2.05) is 36.4 Å². The van der Waals surface area contributed by atoms with Gasteiger partial charge < -0.3 is 19.2 Å². The summed E-state index contributed by atoms with van der Waals surface area (Å²) in [5.41, 5.74) is 2.11. The van der Waals surface area contributed by atoms with Crippen LogP contribution < -0.4 is 14.8 Å². The van der Waals surface area contributed by atoms with Gasteiger partial charge in [-0.15, -0.1) is 0 Å². The average Bonchev–Trinajstić information content (AvgIpc) is 3.02. The van der Waals surface area contributed by atoms with Crippen LogP contribution in [-0.2, 0) is 11.2 Å². The summed E-state index contributed by atoms with van der Waals surface area (Å²) >= 11 is 0. The van der Waals surface area contributed by atoms with Crippen LogP contribution >= 0.6 is 0 Å². The van der Waals surface area contributed by atoms with Gasteiger partial charge in [0.2, 0.25) is 11.8 Å². The van der Waals surface area contributed by atoms with Crippen LogP contribution in [0.5, 0.6) is 11.5 Å². The molecule has 0 atom stereocenters. The van der Waals surface area contributed by atoms with Crippen LogP contribution in [0.15, 0.2) is 52.9 Å². The molecule has 0 saturated heterocycles. The van der Waals surface area contributed by atoms with Crippen molar-refractivity contribution >= 4 is 11.6 Å². The smallest absolute Gasteiger partial charge is 0.230 e. The molecule has 0 unspecified atom stereocenters. The van der Waals surface area contributed by atoms with Gasteiger partial charge in [-0.05, 0) is 43.3 Å². The Morgan fingerprint density at radius 3 is 2.50 bits per heavy atom. The summed E-state index contributed by atoms with van der Waals surface area (Å²) in [5.74, 6) is 2.37. The number of ether oxygens (including phenoxy) is 2. The second-order valence-electron chi connectivity index (χ2n) is 5.71. The van der Waals surface area contributed by atoms with Crippen molar-refractivity contribution in [3.8, 4) is 23.0 Å². The zero-order chi connectivity index (χ0) is 18.5. The summed E-state index contributed by atoms with van der Waals surface area (Å²) in [7, 11) is 3.20. The van der Waals surface area contributed by atoms with E-state index in [1.165, 1.54) is 0 Å². The molecule has 0 radical (unpaired) electrons. The number of aromatic nitrogens is 1. The molecule has 0 saturated carbocycles. The van der Waals surface area contributed by atoms with E-state index < -0.39 is 0 Å². The maximum absolute atomic E-state index is 12.3. The van der Waals surface area contributed by atoms with Gasteiger partial charge in [0, 0.05) is 17.3 Å². The van der Waals surface area contributed by atoms with E-state index in [2.05, 4.69) is 10.3 Å². The van der Waals surface area contributed by atoms with Crippen molar-refractivity contribution in [1.82, 2.24) is 4.98 Å². The van der Waals surface area contributed by atoms with Crippen LogP contribution in [0, 0.1) is 6.92 Å². The fraction of sp³-hybridized carbons (Fsp3) is 0.200. The molecule has 1 N–H and O–H groups in total. The van der Waals surface area contributed by atoms with Crippen molar-refractivity contribution in [2.75, 3.05) is 19.5 Å². The van der Waals surface area contributed by atoms with Gasteiger partial charge >= 0.3 is 0 Å². The maximum Gasteiger partial charge on any atom is 0.230 e. The molecule has 1 aromatic heterocycles. The van der Waals surface area contributed by atoms with Crippen molar-refractivity contribution in [3.05, 3.63) is 60.0 Å². The summed E-state index contributed by atoms with van der Waals surface area (Å²) in [6.45, 7) is 1.80. The summed E-state index contributed by atoms with van der Waals surface area (Å²) < 4.78 is 16.0. The Labute approximate surface area is 151 Å². The number of amides is 1. The normalized spacial score (nSPS) is 10.4. The van der Waals surface area contributed by atoms with E-state index >= 15 is 0 Å². The van der Waals surface area contributed by atoms with Crippen molar-refractivity contribution in [3.63, 3.8) is 0 Å². The third kappa shape index (κ3) is 4.03. The first-order valence-electron chi connectivity index (χ1n) is 8.13. The Balaban J connectivity index is 1.71. The highest BCUT2D eigenvalue weighted by Gasteiger charge is 2.15. The molecule has 0 aliphatic heterocycles. The molecule has 0 spiro atoms. The summed E-state index contributed by atoms with van der Waals surface area (Å²) in [4.78, 5) is 16.8. The summed E-state index contributed by atoms with van der Waals surface area (Å²) in [6.07, 6.45) is 0.128. The zero-order valence-electron chi connectivity index (χ0n) is 14.9. The Morgan fingerprint density at radius 2 is 1.81 bits per heavy atom. The third-order valence-electron chi connectivity index (χ3n) is 3.91. The number of aryl methyl sites for hydroxylation is 1. The van der Waals surface area contributed by atoms with E-state index in [4.69, 9.17) is 13.9 Å². The van der Waals surface area contributed by atoms with Gasteiger partial charge in [-0.25, -0.2) is 4.98 Å². The minimum absolute atomic E-state index is 0.128. The number of anilines is 1. The van der Waals surface area contributed by atoms with E-state index in [0.717, 1.165) is 11.3 Å². The maximum atomic E-state index is 12.3. The van der Waals surface area contributed by atoms with Gasteiger partial charge in [-0.3, -0.25) is 4.79 Å². The van der Waals surface area contributed by atoms with Gasteiger partial charge in [0.1, 0.15) is 17.3 Å². The Morgan fingerprint density at radius 1 is 1.08 bits per heavy atom. The van der Waals surface area contributed by atoms with Crippen molar-refractivity contribution in [2.24, 2.45) is 0 Å². The zero-order valence-corrected chi connectivity index (χ0v) is 14.9. The molecule has 0 fully saturated rings. The predicted octanol–water partition coefficient (Wildman–Crippen LogP) is 3.85. The molecule has 134 valence electrons. The monoisotopic (exact) mass is 352 g/mol. The number of nitrogens with zero attached hydrogens (tertiary/aromatic N) is 1. The quantitative estimate of drug-likeness (QED) is 0.729. The standard InChI is InChI=1S/C20H20N2O4/c1-13-18(12-19(23)21-15-5-4-6-17(11-15)25-3)22-20(26-13)14-7-9-16(24-2)10-8-14/h4-11H,12H2,1-3H3,(H,21,23). The number of hydrogen-bond donors (Lipinski definition) is 1. The van der Waals surface area contributed by atoms with Gasteiger partial charge in [0.25, 0.3) is 0 Å². The molecule has 2 aromatic carbocycles. The van der Waals surface area contributed by atoms with Gasteiger partial charge in [0.05, 0.1) is 26.3 Å². The minimum atomic E-state index is -0.170. The first kappa shape index (κ1) is 17.5. The lowest BCUT2D eigenvalue weighted by Crippen LogP contribution is -2.15. The number of benzene rings is 2. The molecule has 0 bridgehead atoms. The van der Waals surface area contributed by atoms with Crippen LogP contribution in [0.1, 0.15) is 11.5 Å². The Bertz CT molecular complexity index is 900. The molecule has 1 heterocycles. The molecule has 26 heavy (non-hydrogen) atoms. The molecule has 1 amide bonds. The van der Waals surface area contributed by atoms with Crippen LogP contribution in [0.4, 0.5) is 5.69 Å². The lowest BCUT2D eigenvalue weighted by molar-refractivity contribution is -0.115. The highest BCUT2D eigenvalue weighted by atomic mass is 16.5. The fourth-order valence-electron chi connectivity index (χ4n) is 2.51. The molecular weight excluding hydrogens is 332 g/mol. The van der Waals surface area contributed by atoms with Crippen molar-refractivity contribution < 1.29 is 18.7 Å². The number of hydrogen-bond acceptors (Lipinski definition) is 5. The van der Waals surface area contributed by atoms with Crippen LogP contribution in [-0.4, -0.2) is 25.1 Å². The summed E-state index contributed by atoms with van der Waals surface area (Å²) in [6, 6.07) is 14.6. The first-order valence-corrected chi connectivity index (χ1v) is 8.13. The van der Waals surface area contributed by atoms with Crippen molar-refractivity contribution in [1.29, 1.82) is 0 Å².